The van der Waals surface area contributed by atoms with Crippen molar-refractivity contribution in [2.24, 2.45) is 11.8 Å². The van der Waals surface area contributed by atoms with Crippen LogP contribution in [0.15, 0.2) is 18.2 Å². The highest BCUT2D eigenvalue weighted by Crippen LogP contribution is 2.38. The monoisotopic (exact) mass is 208 g/mol. The number of hydrogen-bond donors (Lipinski definition) is 2. The summed E-state index contributed by atoms with van der Waals surface area (Å²) in [4.78, 5) is 0. The highest BCUT2D eigenvalue weighted by molar-refractivity contribution is 5.27. The van der Waals surface area contributed by atoms with E-state index in [1.165, 1.54) is 12.8 Å². The molecule has 1 saturated carbocycles. The van der Waals surface area contributed by atoms with Crippen LogP contribution in [0.3, 0.4) is 0 Å². The van der Waals surface area contributed by atoms with E-state index in [0.717, 1.165) is 12.3 Å². The van der Waals surface area contributed by atoms with E-state index in [-0.39, 0.29) is 11.9 Å². The molecule has 1 atom stereocenters. The average molecular weight is 208 g/mol. The smallest absolute Gasteiger partial charge is 0.130 e. The fourth-order valence-electron chi connectivity index (χ4n) is 1.91. The number of nitrogens with two attached hydrogens (primary N) is 1. The molecule has 15 heavy (non-hydrogen) atoms. The van der Waals surface area contributed by atoms with E-state index in [1.807, 2.05) is 12.1 Å². The van der Waals surface area contributed by atoms with E-state index in [2.05, 4.69) is 5.43 Å². The van der Waals surface area contributed by atoms with Crippen molar-refractivity contribution >= 4 is 0 Å². The zero-order valence-corrected chi connectivity index (χ0v) is 8.96. The summed E-state index contributed by atoms with van der Waals surface area (Å²) >= 11 is 0. The Morgan fingerprint density at radius 2 is 2.27 bits per heavy atom. The van der Waals surface area contributed by atoms with Crippen LogP contribution >= 0.6 is 0 Å². The molecule has 0 aliphatic heterocycles. The van der Waals surface area contributed by atoms with E-state index in [9.17, 15) is 4.39 Å². The largest absolute Gasteiger partial charge is 0.271 e. The molecular weight excluding hydrogens is 191 g/mol. The number of hydrogen-bond acceptors (Lipinski definition) is 2. The summed E-state index contributed by atoms with van der Waals surface area (Å²) < 4.78 is 13.8. The molecule has 0 radical (unpaired) electrons. The molecule has 1 aromatic rings. The molecule has 2 nitrogen and oxygen atoms in total. The fraction of sp³-hybridized carbons (Fsp3) is 0.500. The summed E-state index contributed by atoms with van der Waals surface area (Å²) in [6.45, 7) is 1.78. The van der Waals surface area contributed by atoms with E-state index < -0.39 is 0 Å². The number of nitrogens with one attached hydrogen (secondary N) is 1. The van der Waals surface area contributed by atoms with Crippen LogP contribution in [-0.2, 0) is 0 Å². The molecule has 0 amide bonds. The quantitative estimate of drug-likeness (QED) is 0.589. The lowest BCUT2D eigenvalue weighted by Gasteiger charge is -2.17. The first kappa shape index (κ1) is 10.6. The third-order valence-corrected chi connectivity index (χ3v) is 3.06. The van der Waals surface area contributed by atoms with Gasteiger partial charge in [0.1, 0.15) is 5.82 Å². The lowest BCUT2D eigenvalue weighted by atomic mass is 9.99. The second kappa shape index (κ2) is 4.29. The molecule has 1 aliphatic carbocycles. The molecule has 0 aromatic heterocycles. The first-order valence-corrected chi connectivity index (χ1v) is 5.43. The molecule has 2 rings (SSSR count). The van der Waals surface area contributed by atoms with Gasteiger partial charge in [-0.05, 0) is 24.8 Å². The van der Waals surface area contributed by atoms with Gasteiger partial charge in [-0.1, -0.05) is 31.0 Å². The Balaban J connectivity index is 2.20. The Hall–Kier alpha value is -0.930. The van der Waals surface area contributed by atoms with E-state index in [0.29, 0.717) is 11.1 Å². The molecular formula is C12H17FN2. The van der Waals surface area contributed by atoms with Gasteiger partial charge in [-0.25, -0.2) is 4.39 Å². The van der Waals surface area contributed by atoms with Crippen molar-refractivity contribution in [3.63, 3.8) is 0 Å². The van der Waals surface area contributed by atoms with Crippen LogP contribution < -0.4 is 11.3 Å². The van der Waals surface area contributed by atoms with Crippen molar-refractivity contribution in [2.75, 3.05) is 0 Å². The summed E-state index contributed by atoms with van der Waals surface area (Å²) in [5.41, 5.74) is 4.10. The van der Waals surface area contributed by atoms with Gasteiger partial charge in [0.15, 0.2) is 0 Å². The SMILES string of the molecule is Cc1cccc(C(CC2CC2)NN)c1F. The van der Waals surface area contributed by atoms with Gasteiger partial charge >= 0.3 is 0 Å². The minimum atomic E-state index is -0.124. The van der Waals surface area contributed by atoms with Crippen molar-refractivity contribution in [3.05, 3.63) is 35.1 Å². The normalized spacial score (nSPS) is 17.8. The summed E-state index contributed by atoms with van der Waals surface area (Å²) in [6, 6.07) is 5.43. The van der Waals surface area contributed by atoms with Gasteiger partial charge in [-0.3, -0.25) is 11.3 Å². The second-order valence-electron chi connectivity index (χ2n) is 4.38. The molecule has 3 heteroatoms. The standard InChI is InChI=1S/C12H17FN2/c1-8-3-2-4-10(12(8)13)11(15-14)7-9-5-6-9/h2-4,9,11,15H,5-7,14H2,1H3. The highest BCUT2D eigenvalue weighted by atomic mass is 19.1. The van der Waals surface area contributed by atoms with Crippen LogP contribution in [0.25, 0.3) is 0 Å². The first-order chi connectivity index (χ1) is 7.22. The lowest BCUT2D eigenvalue weighted by Crippen LogP contribution is -2.29. The summed E-state index contributed by atoms with van der Waals surface area (Å²) in [5.74, 6) is 6.09. The number of rotatable bonds is 4. The van der Waals surface area contributed by atoms with Crippen molar-refractivity contribution < 1.29 is 4.39 Å². The predicted molar refractivity (Wildman–Crippen MR) is 58.5 cm³/mol. The van der Waals surface area contributed by atoms with Gasteiger partial charge in [0.25, 0.3) is 0 Å². The van der Waals surface area contributed by atoms with Crippen LogP contribution in [0.1, 0.15) is 36.4 Å². The first-order valence-electron chi connectivity index (χ1n) is 5.43. The van der Waals surface area contributed by atoms with Crippen LogP contribution in [0.4, 0.5) is 4.39 Å². The van der Waals surface area contributed by atoms with Gasteiger partial charge < -0.3 is 0 Å². The number of halogens is 1. The molecule has 1 fully saturated rings. The molecule has 0 heterocycles. The minimum Gasteiger partial charge on any atom is -0.271 e. The van der Waals surface area contributed by atoms with Crippen LogP contribution in [0, 0.1) is 18.7 Å². The van der Waals surface area contributed by atoms with Gasteiger partial charge in [0, 0.05) is 11.6 Å². The Morgan fingerprint density at radius 1 is 1.53 bits per heavy atom. The Bertz CT molecular complexity index is 347. The van der Waals surface area contributed by atoms with Gasteiger partial charge in [-0.2, -0.15) is 0 Å². The topological polar surface area (TPSA) is 38.0 Å². The van der Waals surface area contributed by atoms with Gasteiger partial charge in [0.05, 0.1) is 0 Å². The molecule has 1 aliphatic rings. The number of aryl methyl sites for hydroxylation is 1. The summed E-state index contributed by atoms with van der Waals surface area (Å²) in [5, 5.41) is 0. The molecule has 1 unspecified atom stereocenters. The summed E-state index contributed by atoms with van der Waals surface area (Å²) in [6.07, 6.45) is 3.45. The Morgan fingerprint density at radius 3 is 2.87 bits per heavy atom. The average Bonchev–Trinajstić information content (AvgIpc) is 3.03. The molecule has 82 valence electrons. The second-order valence-corrected chi connectivity index (χ2v) is 4.38. The van der Waals surface area contributed by atoms with Gasteiger partial charge in [0.2, 0.25) is 0 Å². The third-order valence-electron chi connectivity index (χ3n) is 3.06. The van der Waals surface area contributed by atoms with Crippen molar-refractivity contribution in [1.82, 2.24) is 5.43 Å². The maximum Gasteiger partial charge on any atom is 0.130 e. The van der Waals surface area contributed by atoms with Crippen LogP contribution in [-0.4, -0.2) is 0 Å². The lowest BCUT2D eigenvalue weighted by molar-refractivity contribution is 0.461. The molecule has 0 saturated heterocycles. The highest BCUT2D eigenvalue weighted by Gasteiger charge is 2.27. The molecule has 1 aromatic carbocycles. The van der Waals surface area contributed by atoms with Crippen molar-refractivity contribution in [3.8, 4) is 0 Å². The zero-order chi connectivity index (χ0) is 10.8. The zero-order valence-electron chi connectivity index (χ0n) is 8.96. The molecule has 3 N–H and O–H groups in total. The Labute approximate surface area is 89.6 Å². The van der Waals surface area contributed by atoms with Crippen LogP contribution in [0.5, 0.6) is 0 Å². The fourth-order valence-corrected chi connectivity index (χ4v) is 1.91. The number of hydrazine groups is 1. The molecule has 0 bridgehead atoms. The Kier molecular flexibility index (Phi) is 3.03. The maximum absolute atomic E-state index is 13.8. The minimum absolute atomic E-state index is 0.0441. The maximum atomic E-state index is 13.8. The summed E-state index contributed by atoms with van der Waals surface area (Å²) in [7, 11) is 0. The van der Waals surface area contributed by atoms with Crippen LogP contribution in [0.2, 0.25) is 0 Å². The predicted octanol–water partition coefficient (Wildman–Crippen LogP) is 2.44. The van der Waals surface area contributed by atoms with Crippen molar-refractivity contribution in [2.45, 2.75) is 32.2 Å². The molecule has 0 spiro atoms. The third kappa shape index (κ3) is 2.36. The van der Waals surface area contributed by atoms with E-state index in [1.54, 1.807) is 13.0 Å². The van der Waals surface area contributed by atoms with Gasteiger partial charge in [-0.15, -0.1) is 0 Å². The van der Waals surface area contributed by atoms with E-state index in [4.69, 9.17) is 5.84 Å². The van der Waals surface area contributed by atoms with Crippen molar-refractivity contribution in [1.29, 1.82) is 0 Å². The number of benzene rings is 1. The van der Waals surface area contributed by atoms with E-state index >= 15 is 0 Å².